The molecule has 1 aromatic rings. The summed E-state index contributed by atoms with van der Waals surface area (Å²) in [4.78, 5) is 11.5. The molecule has 0 heterocycles. The molecule has 1 rings (SSSR count). The predicted molar refractivity (Wildman–Crippen MR) is 61.6 cm³/mol. The molecule has 0 bridgehead atoms. The number of halogens is 1. The number of carbonyl (C=O) groups excluding carboxylic acids is 1. The standard InChI is InChI=1S/C10H14N2O2.ClH/c1-14-9-5-3-2-4-8(9)10(13)12-7-6-11;/h2-5H,6-7,11H2,1H3,(H,12,13);1H. The molecule has 0 saturated heterocycles. The molecular weight excluding hydrogens is 216 g/mol. The van der Waals surface area contributed by atoms with Crippen molar-refractivity contribution in [2.75, 3.05) is 20.2 Å². The molecule has 0 aromatic heterocycles. The van der Waals surface area contributed by atoms with Crippen LogP contribution in [0, 0.1) is 0 Å². The van der Waals surface area contributed by atoms with E-state index in [1.165, 1.54) is 7.11 Å². The second-order valence-corrected chi connectivity index (χ2v) is 2.74. The van der Waals surface area contributed by atoms with E-state index >= 15 is 0 Å². The van der Waals surface area contributed by atoms with Crippen LogP contribution in [0.4, 0.5) is 0 Å². The normalized spacial score (nSPS) is 8.93. The van der Waals surface area contributed by atoms with Gasteiger partial charge in [0.1, 0.15) is 5.75 Å². The van der Waals surface area contributed by atoms with Crippen LogP contribution >= 0.6 is 12.4 Å². The Hall–Kier alpha value is -1.26. The Labute approximate surface area is 95.2 Å². The molecule has 4 nitrogen and oxygen atoms in total. The number of carbonyl (C=O) groups is 1. The molecule has 0 aliphatic carbocycles. The third kappa shape index (κ3) is 3.77. The number of rotatable bonds is 4. The van der Waals surface area contributed by atoms with E-state index in [-0.39, 0.29) is 18.3 Å². The Bertz CT molecular complexity index is 318. The topological polar surface area (TPSA) is 64.3 Å². The highest BCUT2D eigenvalue weighted by Gasteiger charge is 2.09. The van der Waals surface area contributed by atoms with Crippen LogP contribution in [-0.2, 0) is 0 Å². The zero-order valence-corrected chi connectivity index (χ0v) is 9.34. The van der Waals surface area contributed by atoms with Gasteiger partial charge in [0.25, 0.3) is 5.91 Å². The van der Waals surface area contributed by atoms with Crippen molar-refractivity contribution in [3.05, 3.63) is 29.8 Å². The summed E-state index contributed by atoms with van der Waals surface area (Å²) < 4.78 is 5.05. The number of hydrogen-bond acceptors (Lipinski definition) is 3. The lowest BCUT2D eigenvalue weighted by Crippen LogP contribution is -2.29. The SMILES string of the molecule is COc1ccccc1C(=O)NCCN.Cl. The van der Waals surface area contributed by atoms with Gasteiger partial charge in [-0.1, -0.05) is 12.1 Å². The van der Waals surface area contributed by atoms with E-state index in [1.54, 1.807) is 18.2 Å². The third-order valence-electron chi connectivity index (χ3n) is 1.78. The summed E-state index contributed by atoms with van der Waals surface area (Å²) in [6.07, 6.45) is 0. The number of nitrogens with two attached hydrogens (primary N) is 1. The van der Waals surface area contributed by atoms with Gasteiger partial charge in [0, 0.05) is 13.1 Å². The van der Waals surface area contributed by atoms with Crippen LogP contribution in [0.3, 0.4) is 0 Å². The highest BCUT2D eigenvalue weighted by molar-refractivity contribution is 5.96. The van der Waals surface area contributed by atoms with Crippen LogP contribution in [0.2, 0.25) is 0 Å². The maximum atomic E-state index is 11.5. The van der Waals surface area contributed by atoms with Gasteiger partial charge < -0.3 is 15.8 Å². The van der Waals surface area contributed by atoms with Crippen LogP contribution < -0.4 is 15.8 Å². The van der Waals surface area contributed by atoms with Crippen molar-refractivity contribution in [3.8, 4) is 5.75 Å². The Morgan fingerprint density at radius 2 is 2.13 bits per heavy atom. The molecule has 84 valence electrons. The Balaban J connectivity index is 0.00000196. The van der Waals surface area contributed by atoms with Crippen molar-refractivity contribution in [3.63, 3.8) is 0 Å². The van der Waals surface area contributed by atoms with Crippen LogP contribution in [0.25, 0.3) is 0 Å². The minimum atomic E-state index is -0.159. The highest BCUT2D eigenvalue weighted by atomic mass is 35.5. The van der Waals surface area contributed by atoms with Crippen molar-refractivity contribution in [2.24, 2.45) is 5.73 Å². The minimum Gasteiger partial charge on any atom is -0.496 e. The van der Waals surface area contributed by atoms with E-state index in [0.29, 0.717) is 24.4 Å². The lowest BCUT2D eigenvalue weighted by Gasteiger charge is -2.07. The second-order valence-electron chi connectivity index (χ2n) is 2.74. The average Bonchev–Trinajstić information content (AvgIpc) is 2.25. The zero-order chi connectivity index (χ0) is 10.4. The van der Waals surface area contributed by atoms with E-state index < -0.39 is 0 Å². The summed E-state index contributed by atoms with van der Waals surface area (Å²) in [5.41, 5.74) is 5.81. The number of para-hydroxylation sites is 1. The molecule has 1 aromatic carbocycles. The van der Waals surface area contributed by atoms with Crippen LogP contribution in [0.1, 0.15) is 10.4 Å². The smallest absolute Gasteiger partial charge is 0.255 e. The largest absolute Gasteiger partial charge is 0.496 e. The summed E-state index contributed by atoms with van der Waals surface area (Å²) in [6.45, 7) is 0.901. The molecule has 0 radical (unpaired) electrons. The van der Waals surface area contributed by atoms with Gasteiger partial charge in [0.15, 0.2) is 0 Å². The van der Waals surface area contributed by atoms with Crippen molar-refractivity contribution in [1.29, 1.82) is 0 Å². The van der Waals surface area contributed by atoms with Crippen molar-refractivity contribution in [1.82, 2.24) is 5.32 Å². The summed E-state index contributed by atoms with van der Waals surface area (Å²) in [5, 5.41) is 2.68. The van der Waals surface area contributed by atoms with E-state index in [9.17, 15) is 4.79 Å². The fraction of sp³-hybridized carbons (Fsp3) is 0.300. The maximum absolute atomic E-state index is 11.5. The van der Waals surface area contributed by atoms with Gasteiger partial charge in [-0.25, -0.2) is 0 Å². The Kier molecular flexibility index (Phi) is 6.49. The number of ether oxygens (including phenoxy) is 1. The van der Waals surface area contributed by atoms with Crippen molar-refractivity contribution >= 4 is 18.3 Å². The number of benzene rings is 1. The first-order valence-corrected chi connectivity index (χ1v) is 4.41. The van der Waals surface area contributed by atoms with Crippen LogP contribution in [-0.4, -0.2) is 26.1 Å². The number of amides is 1. The van der Waals surface area contributed by atoms with Gasteiger partial charge in [-0.2, -0.15) is 0 Å². The first-order valence-electron chi connectivity index (χ1n) is 4.41. The lowest BCUT2D eigenvalue weighted by atomic mass is 10.2. The van der Waals surface area contributed by atoms with Gasteiger partial charge in [-0.15, -0.1) is 12.4 Å². The number of methoxy groups -OCH3 is 1. The molecule has 0 atom stereocenters. The van der Waals surface area contributed by atoms with E-state index in [4.69, 9.17) is 10.5 Å². The molecule has 0 fully saturated rings. The first-order chi connectivity index (χ1) is 6.79. The summed E-state index contributed by atoms with van der Waals surface area (Å²) >= 11 is 0. The highest BCUT2D eigenvalue weighted by Crippen LogP contribution is 2.16. The second kappa shape index (κ2) is 7.09. The molecule has 0 unspecified atom stereocenters. The van der Waals surface area contributed by atoms with Gasteiger partial charge in [-0.3, -0.25) is 4.79 Å². The van der Waals surface area contributed by atoms with Crippen LogP contribution in [0.15, 0.2) is 24.3 Å². The number of hydrogen-bond donors (Lipinski definition) is 2. The molecule has 15 heavy (non-hydrogen) atoms. The molecule has 3 N–H and O–H groups in total. The van der Waals surface area contributed by atoms with Crippen molar-refractivity contribution in [2.45, 2.75) is 0 Å². The summed E-state index contributed by atoms with van der Waals surface area (Å²) in [7, 11) is 1.54. The van der Waals surface area contributed by atoms with Gasteiger partial charge >= 0.3 is 0 Å². The van der Waals surface area contributed by atoms with E-state index in [1.807, 2.05) is 6.07 Å². The summed E-state index contributed by atoms with van der Waals surface area (Å²) in [5.74, 6) is 0.412. The zero-order valence-electron chi connectivity index (χ0n) is 8.53. The lowest BCUT2D eigenvalue weighted by molar-refractivity contribution is 0.0952. The van der Waals surface area contributed by atoms with Crippen molar-refractivity contribution < 1.29 is 9.53 Å². The van der Waals surface area contributed by atoms with E-state index in [2.05, 4.69) is 5.32 Å². The fourth-order valence-corrected chi connectivity index (χ4v) is 1.11. The van der Waals surface area contributed by atoms with Gasteiger partial charge in [0.2, 0.25) is 0 Å². The average molecular weight is 231 g/mol. The maximum Gasteiger partial charge on any atom is 0.255 e. The van der Waals surface area contributed by atoms with E-state index in [0.717, 1.165) is 0 Å². The summed E-state index contributed by atoms with van der Waals surface area (Å²) in [6, 6.07) is 7.07. The van der Waals surface area contributed by atoms with Gasteiger partial charge in [0.05, 0.1) is 12.7 Å². The Morgan fingerprint density at radius 1 is 1.47 bits per heavy atom. The third-order valence-corrected chi connectivity index (χ3v) is 1.78. The molecule has 0 aliphatic rings. The minimum absolute atomic E-state index is 0. The quantitative estimate of drug-likeness (QED) is 0.805. The number of nitrogens with one attached hydrogen (secondary N) is 1. The molecule has 0 aliphatic heterocycles. The molecule has 1 amide bonds. The molecule has 5 heteroatoms. The van der Waals surface area contributed by atoms with Crippen LogP contribution in [0.5, 0.6) is 5.75 Å². The molecular formula is C10H15ClN2O2. The Morgan fingerprint density at radius 3 is 2.73 bits per heavy atom. The predicted octanol–water partition coefficient (Wildman–Crippen LogP) is 0.805. The fourth-order valence-electron chi connectivity index (χ4n) is 1.11. The molecule has 0 spiro atoms. The molecule has 0 saturated carbocycles. The first kappa shape index (κ1) is 13.7. The monoisotopic (exact) mass is 230 g/mol. The van der Waals surface area contributed by atoms with Gasteiger partial charge in [-0.05, 0) is 12.1 Å².